The standard InChI is InChI=1S/C14H30N2O2/c1-13-6-7-15-14(2,3)12-16(13)8-11-18-10-5-9-17-4/h13,15H,5-12H2,1-4H3. The number of hydrogen-bond donors (Lipinski definition) is 1. The van der Waals surface area contributed by atoms with Crippen LogP contribution in [0.5, 0.6) is 0 Å². The van der Waals surface area contributed by atoms with Gasteiger partial charge in [0.25, 0.3) is 0 Å². The number of nitrogens with one attached hydrogen (secondary N) is 1. The minimum Gasteiger partial charge on any atom is -0.385 e. The SMILES string of the molecule is COCCCOCCN1CC(C)(C)NCCC1C. The first kappa shape index (κ1) is 15.9. The van der Waals surface area contributed by atoms with E-state index >= 15 is 0 Å². The predicted molar refractivity (Wildman–Crippen MR) is 75.0 cm³/mol. The summed E-state index contributed by atoms with van der Waals surface area (Å²) in [4.78, 5) is 2.54. The van der Waals surface area contributed by atoms with Crippen LogP contribution in [0.4, 0.5) is 0 Å². The van der Waals surface area contributed by atoms with Gasteiger partial charge in [-0.2, -0.15) is 0 Å². The fourth-order valence-electron chi connectivity index (χ4n) is 2.41. The zero-order valence-electron chi connectivity index (χ0n) is 12.5. The molecule has 0 radical (unpaired) electrons. The normalized spacial score (nSPS) is 25.0. The summed E-state index contributed by atoms with van der Waals surface area (Å²) in [5.41, 5.74) is 0.209. The number of ether oxygens (including phenoxy) is 2. The smallest absolute Gasteiger partial charge is 0.0593 e. The molecule has 18 heavy (non-hydrogen) atoms. The molecule has 0 aromatic heterocycles. The van der Waals surface area contributed by atoms with Gasteiger partial charge in [-0.05, 0) is 40.2 Å². The molecule has 1 fully saturated rings. The maximum atomic E-state index is 5.65. The second kappa shape index (κ2) is 8.10. The lowest BCUT2D eigenvalue weighted by atomic mass is 10.1. The number of hydrogen-bond acceptors (Lipinski definition) is 4. The quantitative estimate of drug-likeness (QED) is 0.702. The molecule has 4 heteroatoms. The first-order valence-electron chi connectivity index (χ1n) is 7.11. The van der Waals surface area contributed by atoms with E-state index in [1.54, 1.807) is 7.11 Å². The van der Waals surface area contributed by atoms with Gasteiger partial charge in [-0.15, -0.1) is 0 Å². The van der Waals surface area contributed by atoms with E-state index in [0.717, 1.165) is 45.9 Å². The van der Waals surface area contributed by atoms with Gasteiger partial charge in [0.05, 0.1) is 6.61 Å². The van der Waals surface area contributed by atoms with Crippen molar-refractivity contribution in [3.8, 4) is 0 Å². The van der Waals surface area contributed by atoms with Crippen molar-refractivity contribution in [1.29, 1.82) is 0 Å². The van der Waals surface area contributed by atoms with E-state index in [2.05, 4.69) is 31.0 Å². The molecule has 0 aromatic carbocycles. The average molecular weight is 258 g/mol. The number of methoxy groups -OCH3 is 1. The Balaban J connectivity index is 2.21. The van der Waals surface area contributed by atoms with E-state index in [0.29, 0.717) is 6.04 Å². The summed E-state index contributed by atoms with van der Waals surface area (Å²) < 4.78 is 10.7. The van der Waals surface area contributed by atoms with Gasteiger partial charge < -0.3 is 14.8 Å². The van der Waals surface area contributed by atoms with Crippen LogP contribution in [0.25, 0.3) is 0 Å². The van der Waals surface area contributed by atoms with Crippen LogP contribution in [0.15, 0.2) is 0 Å². The highest BCUT2D eigenvalue weighted by Gasteiger charge is 2.27. The highest BCUT2D eigenvalue weighted by atomic mass is 16.5. The Hall–Kier alpha value is -0.160. The summed E-state index contributed by atoms with van der Waals surface area (Å²) in [6.07, 6.45) is 2.20. The Morgan fingerprint density at radius 3 is 2.78 bits per heavy atom. The largest absolute Gasteiger partial charge is 0.385 e. The Labute approximate surface area is 112 Å². The monoisotopic (exact) mass is 258 g/mol. The minimum absolute atomic E-state index is 0.209. The maximum Gasteiger partial charge on any atom is 0.0593 e. The Morgan fingerprint density at radius 2 is 2.06 bits per heavy atom. The van der Waals surface area contributed by atoms with Crippen molar-refractivity contribution in [1.82, 2.24) is 10.2 Å². The van der Waals surface area contributed by atoms with E-state index in [9.17, 15) is 0 Å². The molecule has 108 valence electrons. The molecular formula is C14H30N2O2. The Morgan fingerprint density at radius 1 is 1.28 bits per heavy atom. The van der Waals surface area contributed by atoms with Crippen molar-refractivity contribution in [2.24, 2.45) is 0 Å². The molecule has 1 unspecified atom stereocenters. The second-order valence-corrected chi connectivity index (χ2v) is 5.88. The molecule has 1 atom stereocenters. The average Bonchev–Trinajstić information content (AvgIpc) is 2.43. The third-order valence-corrected chi connectivity index (χ3v) is 3.55. The third-order valence-electron chi connectivity index (χ3n) is 3.55. The summed E-state index contributed by atoms with van der Waals surface area (Å²) in [5.74, 6) is 0. The topological polar surface area (TPSA) is 33.7 Å². The molecule has 1 N–H and O–H groups in total. The van der Waals surface area contributed by atoms with Crippen LogP contribution in [0.3, 0.4) is 0 Å². The fraction of sp³-hybridized carbons (Fsp3) is 1.00. The lowest BCUT2D eigenvalue weighted by Crippen LogP contribution is -2.48. The lowest BCUT2D eigenvalue weighted by Gasteiger charge is -2.32. The highest BCUT2D eigenvalue weighted by molar-refractivity contribution is 4.87. The molecule has 1 aliphatic heterocycles. The molecule has 1 rings (SSSR count). The van der Waals surface area contributed by atoms with Crippen LogP contribution >= 0.6 is 0 Å². The number of rotatable bonds is 7. The zero-order valence-corrected chi connectivity index (χ0v) is 12.5. The van der Waals surface area contributed by atoms with Crippen LogP contribution in [-0.2, 0) is 9.47 Å². The summed E-state index contributed by atoms with van der Waals surface area (Å²) in [6, 6.07) is 0.641. The summed E-state index contributed by atoms with van der Waals surface area (Å²) >= 11 is 0. The van der Waals surface area contributed by atoms with Gasteiger partial charge in [-0.25, -0.2) is 0 Å². The van der Waals surface area contributed by atoms with Crippen molar-refractivity contribution in [2.45, 2.75) is 45.2 Å². The van der Waals surface area contributed by atoms with Crippen molar-refractivity contribution >= 4 is 0 Å². The first-order valence-corrected chi connectivity index (χ1v) is 7.11. The molecule has 0 spiro atoms. The van der Waals surface area contributed by atoms with Gasteiger partial charge in [0.2, 0.25) is 0 Å². The maximum absolute atomic E-state index is 5.65. The van der Waals surface area contributed by atoms with Gasteiger partial charge in [-0.3, -0.25) is 4.90 Å². The van der Waals surface area contributed by atoms with E-state index in [-0.39, 0.29) is 5.54 Å². The van der Waals surface area contributed by atoms with Crippen LogP contribution in [0, 0.1) is 0 Å². The summed E-state index contributed by atoms with van der Waals surface area (Å²) in [7, 11) is 1.73. The molecule has 4 nitrogen and oxygen atoms in total. The van der Waals surface area contributed by atoms with Gasteiger partial charge in [0, 0.05) is 45.0 Å². The highest BCUT2D eigenvalue weighted by Crippen LogP contribution is 2.15. The number of nitrogens with zero attached hydrogens (tertiary/aromatic N) is 1. The molecule has 0 amide bonds. The van der Waals surface area contributed by atoms with Crippen molar-refractivity contribution in [3.63, 3.8) is 0 Å². The van der Waals surface area contributed by atoms with Crippen LogP contribution in [-0.4, -0.2) is 63.0 Å². The van der Waals surface area contributed by atoms with Crippen LogP contribution in [0.1, 0.15) is 33.6 Å². The van der Waals surface area contributed by atoms with Crippen molar-refractivity contribution < 1.29 is 9.47 Å². The molecule has 0 bridgehead atoms. The van der Waals surface area contributed by atoms with Crippen LogP contribution < -0.4 is 5.32 Å². The minimum atomic E-state index is 0.209. The fourth-order valence-corrected chi connectivity index (χ4v) is 2.41. The van der Waals surface area contributed by atoms with E-state index in [4.69, 9.17) is 9.47 Å². The summed E-state index contributed by atoms with van der Waals surface area (Å²) in [5, 5.41) is 3.60. The molecule has 1 heterocycles. The van der Waals surface area contributed by atoms with Crippen molar-refractivity contribution in [2.75, 3.05) is 46.6 Å². The third kappa shape index (κ3) is 6.14. The van der Waals surface area contributed by atoms with Crippen LogP contribution in [0.2, 0.25) is 0 Å². The molecule has 0 saturated carbocycles. The van der Waals surface area contributed by atoms with Gasteiger partial charge in [-0.1, -0.05) is 0 Å². The molecule has 0 aromatic rings. The molecule has 1 saturated heterocycles. The molecule has 0 aliphatic carbocycles. The van der Waals surface area contributed by atoms with E-state index < -0.39 is 0 Å². The first-order chi connectivity index (χ1) is 8.55. The zero-order chi connectivity index (χ0) is 13.4. The summed E-state index contributed by atoms with van der Waals surface area (Å²) in [6.45, 7) is 12.5. The Bertz CT molecular complexity index is 222. The lowest BCUT2D eigenvalue weighted by molar-refractivity contribution is 0.0699. The van der Waals surface area contributed by atoms with E-state index in [1.165, 1.54) is 6.42 Å². The van der Waals surface area contributed by atoms with Gasteiger partial charge in [0.1, 0.15) is 0 Å². The molecule has 1 aliphatic rings. The molecular weight excluding hydrogens is 228 g/mol. The second-order valence-electron chi connectivity index (χ2n) is 5.88. The van der Waals surface area contributed by atoms with Gasteiger partial charge in [0.15, 0.2) is 0 Å². The van der Waals surface area contributed by atoms with Gasteiger partial charge >= 0.3 is 0 Å². The Kier molecular flexibility index (Phi) is 7.15. The predicted octanol–water partition coefficient (Wildman–Crippen LogP) is 1.50. The van der Waals surface area contributed by atoms with E-state index in [1.807, 2.05) is 0 Å². The van der Waals surface area contributed by atoms with Crippen molar-refractivity contribution in [3.05, 3.63) is 0 Å².